The molecule has 0 radical (unpaired) electrons. The van der Waals surface area contributed by atoms with E-state index in [9.17, 15) is 13.2 Å². The van der Waals surface area contributed by atoms with Crippen molar-refractivity contribution in [1.29, 1.82) is 0 Å². The number of aromatic nitrogens is 2. The van der Waals surface area contributed by atoms with Crippen LogP contribution in [0.15, 0.2) is 6.20 Å². The number of hydrogen-bond donors (Lipinski definition) is 1. The van der Waals surface area contributed by atoms with E-state index in [1.165, 1.54) is 4.68 Å². The first-order chi connectivity index (χ1) is 6.42. The monoisotopic (exact) mass is 207 g/mol. The highest BCUT2D eigenvalue weighted by Crippen LogP contribution is 2.20. The molecule has 2 N–H and O–H groups in total. The molecule has 0 spiro atoms. The van der Waals surface area contributed by atoms with Crippen LogP contribution in [-0.2, 0) is 13.1 Å². The van der Waals surface area contributed by atoms with Crippen molar-refractivity contribution in [2.45, 2.75) is 32.6 Å². The highest BCUT2D eigenvalue weighted by molar-refractivity contribution is 5.14. The fourth-order valence-electron chi connectivity index (χ4n) is 1.12. The number of rotatable bonds is 3. The molecule has 0 amide bonds. The van der Waals surface area contributed by atoms with Gasteiger partial charge in [-0.3, -0.25) is 4.68 Å². The Hall–Kier alpha value is -1.04. The zero-order valence-electron chi connectivity index (χ0n) is 7.80. The van der Waals surface area contributed by atoms with Gasteiger partial charge in [0.2, 0.25) is 0 Å². The van der Waals surface area contributed by atoms with Crippen LogP contribution in [0.5, 0.6) is 0 Å². The number of nitrogens with two attached hydrogens (primary N) is 1. The molecule has 80 valence electrons. The molecule has 3 nitrogen and oxygen atoms in total. The zero-order chi connectivity index (χ0) is 10.8. The van der Waals surface area contributed by atoms with Gasteiger partial charge in [0, 0.05) is 24.8 Å². The van der Waals surface area contributed by atoms with Crippen molar-refractivity contribution in [3.05, 3.63) is 17.5 Å². The van der Waals surface area contributed by atoms with Crippen LogP contribution >= 0.6 is 0 Å². The molecule has 0 aromatic carbocycles. The van der Waals surface area contributed by atoms with Gasteiger partial charge in [0.25, 0.3) is 0 Å². The third-order valence-corrected chi connectivity index (χ3v) is 1.89. The first-order valence-corrected chi connectivity index (χ1v) is 4.22. The van der Waals surface area contributed by atoms with Crippen LogP contribution in [0.25, 0.3) is 0 Å². The van der Waals surface area contributed by atoms with Crippen molar-refractivity contribution in [2.75, 3.05) is 0 Å². The molecule has 1 rings (SSSR count). The summed E-state index contributed by atoms with van der Waals surface area (Å²) in [4.78, 5) is 0. The Kier molecular flexibility index (Phi) is 3.15. The maximum absolute atomic E-state index is 11.9. The van der Waals surface area contributed by atoms with Crippen LogP contribution < -0.4 is 5.73 Å². The predicted molar refractivity (Wildman–Crippen MR) is 45.5 cm³/mol. The minimum atomic E-state index is -4.14. The van der Waals surface area contributed by atoms with Gasteiger partial charge in [0.1, 0.15) is 0 Å². The van der Waals surface area contributed by atoms with Crippen LogP contribution in [0.1, 0.15) is 17.7 Å². The molecule has 0 saturated heterocycles. The number of halogens is 3. The highest BCUT2D eigenvalue weighted by atomic mass is 19.4. The number of aryl methyl sites for hydroxylation is 2. The van der Waals surface area contributed by atoms with Gasteiger partial charge >= 0.3 is 6.18 Å². The van der Waals surface area contributed by atoms with Crippen molar-refractivity contribution in [3.63, 3.8) is 0 Å². The maximum Gasteiger partial charge on any atom is 0.390 e. The Balaban J connectivity index is 2.60. The number of nitrogens with zero attached hydrogens (tertiary/aromatic N) is 2. The molecular formula is C8H12F3N3. The SMILES string of the molecule is Cc1nn(CCC(F)(F)F)cc1CN. The Morgan fingerprint density at radius 1 is 1.50 bits per heavy atom. The summed E-state index contributed by atoms with van der Waals surface area (Å²) in [6.07, 6.45) is -3.44. The lowest BCUT2D eigenvalue weighted by molar-refractivity contribution is -0.137. The second-order valence-electron chi connectivity index (χ2n) is 3.07. The Morgan fingerprint density at radius 2 is 2.14 bits per heavy atom. The molecule has 0 unspecified atom stereocenters. The fourth-order valence-corrected chi connectivity index (χ4v) is 1.12. The minimum Gasteiger partial charge on any atom is -0.326 e. The maximum atomic E-state index is 11.9. The minimum absolute atomic E-state index is 0.148. The average molecular weight is 207 g/mol. The summed E-state index contributed by atoms with van der Waals surface area (Å²) in [5, 5.41) is 3.92. The lowest BCUT2D eigenvalue weighted by Gasteiger charge is -2.05. The van der Waals surface area contributed by atoms with E-state index in [-0.39, 0.29) is 6.54 Å². The average Bonchev–Trinajstić information content (AvgIpc) is 2.42. The van der Waals surface area contributed by atoms with E-state index in [4.69, 9.17) is 5.73 Å². The second-order valence-corrected chi connectivity index (χ2v) is 3.07. The largest absolute Gasteiger partial charge is 0.390 e. The third-order valence-electron chi connectivity index (χ3n) is 1.89. The quantitative estimate of drug-likeness (QED) is 0.818. The molecule has 0 bridgehead atoms. The van der Waals surface area contributed by atoms with E-state index in [1.807, 2.05) is 0 Å². The van der Waals surface area contributed by atoms with Crippen molar-refractivity contribution in [3.8, 4) is 0 Å². The molecule has 0 atom stereocenters. The molecule has 0 aliphatic carbocycles. The van der Waals surface area contributed by atoms with Gasteiger partial charge in [0.15, 0.2) is 0 Å². The molecule has 1 aromatic rings. The molecule has 0 aliphatic heterocycles. The molecule has 6 heteroatoms. The molecule has 14 heavy (non-hydrogen) atoms. The number of alkyl halides is 3. The van der Waals surface area contributed by atoms with Crippen molar-refractivity contribution < 1.29 is 13.2 Å². The molecule has 1 aromatic heterocycles. The van der Waals surface area contributed by atoms with E-state index in [0.717, 1.165) is 5.56 Å². The highest BCUT2D eigenvalue weighted by Gasteiger charge is 2.26. The lowest BCUT2D eigenvalue weighted by atomic mass is 10.3. The fraction of sp³-hybridized carbons (Fsp3) is 0.625. The topological polar surface area (TPSA) is 43.8 Å². The van der Waals surface area contributed by atoms with Crippen molar-refractivity contribution in [1.82, 2.24) is 9.78 Å². The zero-order valence-corrected chi connectivity index (χ0v) is 7.80. The first kappa shape index (κ1) is 11.0. The van der Waals surface area contributed by atoms with Gasteiger partial charge in [-0.05, 0) is 6.92 Å². The van der Waals surface area contributed by atoms with Gasteiger partial charge in [-0.15, -0.1) is 0 Å². The van der Waals surface area contributed by atoms with Gasteiger partial charge < -0.3 is 5.73 Å². The van der Waals surface area contributed by atoms with Gasteiger partial charge in [0.05, 0.1) is 12.1 Å². The Labute approximate surface area is 79.7 Å². The summed E-state index contributed by atoms with van der Waals surface area (Å²) < 4.78 is 36.9. The summed E-state index contributed by atoms with van der Waals surface area (Å²) >= 11 is 0. The number of hydrogen-bond acceptors (Lipinski definition) is 2. The van der Waals surface area contributed by atoms with Gasteiger partial charge in [-0.2, -0.15) is 18.3 Å². The van der Waals surface area contributed by atoms with Crippen LogP contribution in [0.2, 0.25) is 0 Å². The Morgan fingerprint density at radius 3 is 2.57 bits per heavy atom. The van der Waals surface area contributed by atoms with E-state index in [1.54, 1.807) is 13.1 Å². The molecular weight excluding hydrogens is 195 g/mol. The first-order valence-electron chi connectivity index (χ1n) is 4.22. The normalized spacial score (nSPS) is 12.1. The van der Waals surface area contributed by atoms with Gasteiger partial charge in [-0.25, -0.2) is 0 Å². The van der Waals surface area contributed by atoms with Crippen LogP contribution in [0.3, 0.4) is 0 Å². The third kappa shape index (κ3) is 3.02. The molecule has 1 heterocycles. The summed E-state index contributed by atoms with van der Waals surface area (Å²) in [7, 11) is 0. The van der Waals surface area contributed by atoms with Gasteiger partial charge in [-0.1, -0.05) is 0 Å². The molecule has 0 fully saturated rings. The predicted octanol–water partition coefficient (Wildman–Crippen LogP) is 1.60. The summed E-state index contributed by atoms with van der Waals surface area (Å²) in [5.41, 5.74) is 6.84. The standard InChI is InChI=1S/C8H12F3N3/c1-6-7(4-12)5-14(13-6)3-2-8(9,10)11/h5H,2-4,12H2,1H3. The Bertz CT molecular complexity index is 303. The van der Waals surface area contributed by atoms with E-state index in [0.29, 0.717) is 12.2 Å². The van der Waals surface area contributed by atoms with E-state index in [2.05, 4.69) is 5.10 Å². The van der Waals surface area contributed by atoms with Crippen LogP contribution in [0, 0.1) is 6.92 Å². The summed E-state index contributed by atoms with van der Waals surface area (Å²) in [5.74, 6) is 0. The van der Waals surface area contributed by atoms with Crippen molar-refractivity contribution in [2.24, 2.45) is 5.73 Å². The summed E-state index contributed by atoms with van der Waals surface area (Å²) in [6.45, 7) is 1.88. The van der Waals surface area contributed by atoms with Crippen molar-refractivity contribution >= 4 is 0 Å². The van der Waals surface area contributed by atoms with E-state index >= 15 is 0 Å². The van der Waals surface area contributed by atoms with E-state index < -0.39 is 12.6 Å². The second kappa shape index (κ2) is 4.00. The molecule has 0 aliphatic rings. The summed E-state index contributed by atoms with van der Waals surface area (Å²) in [6, 6.07) is 0. The van der Waals surface area contributed by atoms with Crippen LogP contribution in [-0.4, -0.2) is 16.0 Å². The smallest absolute Gasteiger partial charge is 0.326 e. The van der Waals surface area contributed by atoms with Crippen LogP contribution in [0.4, 0.5) is 13.2 Å². The molecule has 0 saturated carbocycles. The lowest BCUT2D eigenvalue weighted by Crippen LogP contribution is -2.12.